The van der Waals surface area contributed by atoms with Crippen LogP contribution in [0.4, 0.5) is 14.9 Å². The number of hydrogen-bond acceptors (Lipinski definition) is 4. The molecule has 1 amide bonds. The first kappa shape index (κ1) is 24.2. The van der Waals surface area contributed by atoms with E-state index in [0.717, 1.165) is 0 Å². The molecule has 1 saturated heterocycles. The highest BCUT2D eigenvalue weighted by Gasteiger charge is 2.39. The van der Waals surface area contributed by atoms with Gasteiger partial charge in [-0.25, -0.2) is 9.18 Å². The second-order valence-corrected chi connectivity index (χ2v) is 15.1. The predicted molar refractivity (Wildman–Crippen MR) is 124 cm³/mol. The molecule has 0 saturated carbocycles. The van der Waals surface area contributed by atoms with Crippen LogP contribution in [0.3, 0.4) is 0 Å². The average Bonchev–Trinajstić information content (AvgIpc) is 2.59. The van der Waals surface area contributed by atoms with Crippen molar-refractivity contribution in [2.24, 2.45) is 0 Å². The molecule has 5 nitrogen and oxygen atoms in total. The van der Waals surface area contributed by atoms with Gasteiger partial charge in [0.05, 0.1) is 5.69 Å². The van der Waals surface area contributed by atoms with E-state index in [1.807, 2.05) is 31.7 Å². The van der Waals surface area contributed by atoms with E-state index in [0.29, 0.717) is 43.2 Å². The molecule has 0 bridgehead atoms. The molecule has 0 N–H and O–H groups in total. The number of hydrogen-bond donors (Lipinski definition) is 0. The normalized spacial score (nSPS) is 15.8. The summed E-state index contributed by atoms with van der Waals surface area (Å²) in [5.41, 5.74) is 0.668. The molecule has 7 heteroatoms. The van der Waals surface area contributed by atoms with Gasteiger partial charge in [-0.15, -0.1) is 0 Å². The van der Waals surface area contributed by atoms with Crippen molar-refractivity contribution in [3.05, 3.63) is 36.2 Å². The molecule has 0 atom stereocenters. The van der Waals surface area contributed by atoms with Crippen molar-refractivity contribution >= 4 is 25.9 Å². The van der Waals surface area contributed by atoms with Crippen LogP contribution in [-0.2, 0) is 9.16 Å². The lowest BCUT2D eigenvalue weighted by Crippen LogP contribution is -2.50. The third-order valence-electron chi connectivity index (χ3n) is 5.73. The van der Waals surface area contributed by atoms with Gasteiger partial charge in [0.25, 0.3) is 0 Å². The molecule has 30 heavy (non-hydrogen) atoms. The van der Waals surface area contributed by atoms with Crippen molar-refractivity contribution in [2.75, 3.05) is 31.1 Å². The molecule has 1 aliphatic rings. The van der Waals surface area contributed by atoms with E-state index in [9.17, 15) is 9.18 Å². The lowest BCUT2D eigenvalue weighted by atomic mass is 10.1. The van der Waals surface area contributed by atoms with Crippen LogP contribution in [0.15, 0.2) is 24.8 Å². The second kappa shape index (κ2) is 8.61. The van der Waals surface area contributed by atoms with E-state index in [-0.39, 0.29) is 16.9 Å². The maximum absolute atomic E-state index is 14.9. The topological polar surface area (TPSA) is 42.0 Å². The molecule has 1 aliphatic heterocycles. The van der Waals surface area contributed by atoms with Crippen LogP contribution in [0.2, 0.25) is 18.1 Å². The van der Waals surface area contributed by atoms with Crippen molar-refractivity contribution in [3.8, 4) is 0 Å². The zero-order valence-corrected chi connectivity index (χ0v) is 20.8. The summed E-state index contributed by atoms with van der Waals surface area (Å²) < 4.78 is 26.5. The number of halogens is 1. The summed E-state index contributed by atoms with van der Waals surface area (Å²) in [6.07, 6.45) is -0.322. The van der Waals surface area contributed by atoms with Crippen molar-refractivity contribution in [1.82, 2.24) is 4.90 Å². The van der Waals surface area contributed by atoms with E-state index < -0.39 is 13.9 Å². The highest BCUT2D eigenvalue weighted by atomic mass is 28.4. The molecule has 1 aromatic carbocycles. The lowest BCUT2D eigenvalue weighted by molar-refractivity contribution is 0.0240. The third-order valence-corrected chi connectivity index (χ3v) is 10.1. The van der Waals surface area contributed by atoms with E-state index in [2.05, 4.69) is 40.4 Å². The van der Waals surface area contributed by atoms with Gasteiger partial charge in [-0.1, -0.05) is 27.4 Å². The van der Waals surface area contributed by atoms with Crippen molar-refractivity contribution in [1.29, 1.82) is 0 Å². The summed E-state index contributed by atoms with van der Waals surface area (Å²) in [7, 11) is -2.03. The molecule has 0 aliphatic carbocycles. The summed E-state index contributed by atoms with van der Waals surface area (Å²) in [6.45, 7) is 22.5. The Morgan fingerprint density at radius 1 is 1.07 bits per heavy atom. The van der Waals surface area contributed by atoms with Crippen LogP contribution in [0.25, 0.3) is 5.76 Å². The van der Waals surface area contributed by atoms with Gasteiger partial charge >= 0.3 is 6.09 Å². The van der Waals surface area contributed by atoms with Gasteiger partial charge in [0.1, 0.15) is 17.2 Å². The SMILES string of the molecule is C=C(O[Si](C)(C)C(C)(C)C)c1ccc(N2CCN(C(=O)OC(C)(C)C)CC2)c(F)c1. The van der Waals surface area contributed by atoms with Gasteiger partial charge in [-0.2, -0.15) is 0 Å². The molecule has 1 aromatic rings. The number of amides is 1. The molecule has 1 heterocycles. The van der Waals surface area contributed by atoms with Crippen LogP contribution in [-0.4, -0.2) is 51.1 Å². The largest absolute Gasteiger partial charge is 0.543 e. The quantitative estimate of drug-likeness (QED) is 0.437. The van der Waals surface area contributed by atoms with Crippen molar-refractivity contribution < 1.29 is 18.3 Å². The Kier molecular flexibility index (Phi) is 6.96. The molecular weight excluding hydrogens is 399 g/mol. The molecule has 0 radical (unpaired) electrons. The number of nitrogens with zero attached hydrogens (tertiary/aromatic N) is 2. The minimum absolute atomic E-state index is 0.0439. The first-order valence-electron chi connectivity index (χ1n) is 10.5. The molecule has 1 fully saturated rings. The number of ether oxygens (including phenoxy) is 1. The lowest BCUT2D eigenvalue weighted by Gasteiger charge is -2.37. The summed E-state index contributed by atoms with van der Waals surface area (Å²) in [5.74, 6) is 0.208. The Bertz CT molecular complexity index is 789. The van der Waals surface area contributed by atoms with Crippen LogP contribution in [0, 0.1) is 5.82 Å². The van der Waals surface area contributed by atoms with Gasteiger partial charge < -0.3 is 19.0 Å². The number of carbonyl (C=O) groups is 1. The first-order chi connectivity index (χ1) is 13.6. The third kappa shape index (κ3) is 6.00. The number of benzene rings is 1. The number of carbonyl (C=O) groups excluding carboxylic acids is 1. The molecule has 0 aromatic heterocycles. The Morgan fingerprint density at radius 2 is 1.63 bits per heavy atom. The fourth-order valence-corrected chi connectivity index (χ4v) is 3.95. The predicted octanol–water partition coefficient (Wildman–Crippen LogP) is 5.88. The molecular formula is C23H37FN2O3Si. The van der Waals surface area contributed by atoms with E-state index in [4.69, 9.17) is 9.16 Å². The van der Waals surface area contributed by atoms with Crippen LogP contribution in [0.5, 0.6) is 0 Å². The van der Waals surface area contributed by atoms with Gasteiger partial charge in [0.2, 0.25) is 8.32 Å². The monoisotopic (exact) mass is 436 g/mol. The molecule has 2 rings (SSSR count). The van der Waals surface area contributed by atoms with E-state index in [1.54, 1.807) is 11.0 Å². The fourth-order valence-electron chi connectivity index (χ4n) is 2.91. The van der Waals surface area contributed by atoms with Gasteiger partial charge in [0.15, 0.2) is 0 Å². The highest BCUT2D eigenvalue weighted by molar-refractivity contribution is 6.74. The van der Waals surface area contributed by atoms with Gasteiger partial charge in [0, 0.05) is 31.7 Å². The molecule has 0 unspecified atom stereocenters. The standard InChI is InChI=1S/C23H37FN2O3Si/c1-17(29-30(8,9)23(5,6)7)18-10-11-20(19(24)16-18)25-12-14-26(15-13-25)21(27)28-22(2,3)4/h10-11,16H,1,12-15H2,2-9H3. The van der Waals surface area contributed by atoms with Crippen LogP contribution < -0.4 is 4.90 Å². The fraction of sp³-hybridized carbons (Fsp3) is 0.609. The second-order valence-electron chi connectivity index (χ2n) is 10.4. The van der Waals surface area contributed by atoms with Crippen molar-refractivity contribution in [2.45, 2.75) is 65.3 Å². The summed E-state index contributed by atoms with van der Waals surface area (Å²) in [6, 6.07) is 5.12. The van der Waals surface area contributed by atoms with Crippen LogP contribution >= 0.6 is 0 Å². The van der Waals surface area contributed by atoms with Crippen LogP contribution in [0.1, 0.15) is 47.1 Å². The summed E-state index contributed by atoms with van der Waals surface area (Å²) >= 11 is 0. The smallest absolute Gasteiger partial charge is 0.410 e. The summed E-state index contributed by atoms with van der Waals surface area (Å²) in [4.78, 5) is 15.8. The van der Waals surface area contributed by atoms with Crippen molar-refractivity contribution in [3.63, 3.8) is 0 Å². The first-order valence-corrected chi connectivity index (χ1v) is 13.4. The number of anilines is 1. The number of rotatable bonds is 4. The minimum Gasteiger partial charge on any atom is -0.543 e. The van der Waals surface area contributed by atoms with Gasteiger partial charge in [-0.3, -0.25) is 0 Å². The maximum atomic E-state index is 14.9. The average molecular weight is 437 g/mol. The maximum Gasteiger partial charge on any atom is 0.410 e. The van der Waals surface area contributed by atoms with Gasteiger partial charge in [-0.05, 0) is 57.1 Å². The zero-order valence-electron chi connectivity index (χ0n) is 19.8. The van der Waals surface area contributed by atoms with E-state index >= 15 is 0 Å². The van der Waals surface area contributed by atoms with E-state index in [1.165, 1.54) is 6.07 Å². The minimum atomic E-state index is -2.03. The zero-order chi connectivity index (χ0) is 22.9. The Labute approximate surface area is 182 Å². The highest BCUT2D eigenvalue weighted by Crippen LogP contribution is 2.39. The Hall–Kier alpha value is -2.02. The Morgan fingerprint density at radius 3 is 2.10 bits per heavy atom. The summed E-state index contributed by atoms with van der Waals surface area (Å²) in [5, 5.41) is 0.0439. The number of piperazine rings is 1. The molecule has 168 valence electrons. The molecule has 0 spiro atoms. The Balaban J connectivity index is 2.03.